The van der Waals surface area contributed by atoms with Gasteiger partial charge in [-0.15, -0.1) is 0 Å². The highest BCUT2D eigenvalue weighted by Gasteiger charge is 2.28. The maximum Gasteiger partial charge on any atom is 0.123 e. The van der Waals surface area contributed by atoms with Crippen molar-refractivity contribution < 1.29 is 8.78 Å². The number of piperidine rings is 1. The van der Waals surface area contributed by atoms with Crippen molar-refractivity contribution >= 4 is 0 Å². The molecule has 0 unspecified atom stereocenters. The number of halogens is 2. The molecule has 2 aromatic rings. The molecule has 1 aliphatic rings. The highest BCUT2D eigenvalue weighted by molar-refractivity contribution is 5.34. The number of likely N-dealkylation sites (tertiary alicyclic amines) is 1. The van der Waals surface area contributed by atoms with Gasteiger partial charge in [0.15, 0.2) is 0 Å². The van der Waals surface area contributed by atoms with Crippen molar-refractivity contribution in [1.29, 1.82) is 5.26 Å². The van der Waals surface area contributed by atoms with Gasteiger partial charge in [0.1, 0.15) is 11.6 Å². The molecule has 1 saturated heterocycles. The number of benzene rings is 2. The fourth-order valence-electron chi connectivity index (χ4n) is 3.62. The van der Waals surface area contributed by atoms with E-state index in [1.165, 1.54) is 24.3 Å². The van der Waals surface area contributed by atoms with Crippen LogP contribution in [0.2, 0.25) is 0 Å². The van der Waals surface area contributed by atoms with E-state index in [1.54, 1.807) is 0 Å². The number of nitriles is 1. The molecule has 1 fully saturated rings. The van der Waals surface area contributed by atoms with Crippen molar-refractivity contribution in [3.8, 4) is 6.07 Å². The predicted molar refractivity (Wildman–Crippen MR) is 89.4 cm³/mol. The van der Waals surface area contributed by atoms with Crippen LogP contribution < -0.4 is 0 Å². The van der Waals surface area contributed by atoms with Crippen LogP contribution in [0.4, 0.5) is 8.78 Å². The van der Waals surface area contributed by atoms with Crippen LogP contribution in [0, 0.1) is 28.9 Å². The average molecular weight is 326 g/mol. The van der Waals surface area contributed by atoms with E-state index in [0.717, 1.165) is 37.1 Å². The van der Waals surface area contributed by atoms with Gasteiger partial charge in [-0.05, 0) is 67.2 Å². The molecule has 0 aromatic heterocycles. The van der Waals surface area contributed by atoms with Crippen molar-refractivity contribution in [2.75, 3.05) is 19.6 Å². The van der Waals surface area contributed by atoms with Crippen LogP contribution in [0.15, 0.2) is 48.5 Å². The highest BCUT2D eigenvalue weighted by Crippen LogP contribution is 2.38. The summed E-state index contributed by atoms with van der Waals surface area (Å²) >= 11 is 0. The molecule has 4 heteroatoms. The number of nitrogens with zero attached hydrogens (tertiary/aromatic N) is 2. The molecule has 0 saturated carbocycles. The Morgan fingerprint density at radius 2 is 1.38 bits per heavy atom. The summed E-state index contributed by atoms with van der Waals surface area (Å²) in [6.45, 7) is 2.23. The van der Waals surface area contributed by atoms with Gasteiger partial charge >= 0.3 is 0 Å². The minimum atomic E-state index is -0.250. The Bertz CT molecular complexity index is 650. The van der Waals surface area contributed by atoms with Crippen LogP contribution in [-0.4, -0.2) is 24.5 Å². The van der Waals surface area contributed by atoms with Crippen molar-refractivity contribution in [2.45, 2.75) is 18.8 Å². The Kier molecular flexibility index (Phi) is 5.22. The van der Waals surface area contributed by atoms with Crippen LogP contribution in [0.25, 0.3) is 0 Å². The zero-order chi connectivity index (χ0) is 16.9. The molecule has 0 bridgehead atoms. The van der Waals surface area contributed by atoms with Gasteiger partial charge in [-0.3, -0.25) is 4.90 Å². The topological polar surface area (TPSA) is 27.0 Å². The second-order valence-electron chi connectivity index (χ2n) is 6.35. The van der Waals surface area contributed by atoms with Gasteiger partial charge in [-0.25, -0.2) is 8.78 Å². The SMILES string of the molecule is N#CCN1CCC(C(c2ccc(F)cc2)c2ccc(F)cc2)CC1. The van der Waals surface area contributed by atoms with Gasteiger partial charge in [0.05, 0.1) is 12.6 Å². The average Bonchev–Trinajstić information content (AvgIpc) is 2.60. The molecular weight excluding hydrogens is 306 g/mol. The van der Waals surface area contributed by atoms with Crippen LogP contribution in [0.5, 0.6) is 0 Å². The fraction of sp³-hybridized carbons (Fsp3) is 0.350. The van der Waals surface area contributed by atoms with Crippen molar-refractivity contribution in [2.24, 2.45) is 5.92 Å². The number of rotatable bonds is 4. The van der Waals surface area contributed by atoms with E-state index in [1.807, 2.05) is 24.3 Å². The van der Waals surface area contributed by atoms with E-state index < -0.39 is 0 Å². The van der Waals surface area contributed by atoms with E-state index in [2.05, 4.69) is 11.0 Å². The Morgan fingerprint density at radius 3 is 1.79 bits per heavy atom. The maximum atomic E-state index is 13.3. The lowest BCUT2D eigenvalue weighted by molar-refractivity contribution is 0.192. The Labute approximate surface area is 141 Å². The summed E-state index contributed by atoms with van der Waals surface area (Å²) in [5.74, 6) is 0.0205. The molecule has 0 aliphatic carbocycles. The third kappa shape index (κ3) is 3.80. The second kappa shape index (κ2) is 7.55. The third-order valence-electron chi connectivity index (χ3n) is 4.86. The van der Waals surface area contributed by atoms with Crippen LogP contribution >= 0.6 is 0 Å². The Morgan fingerprint density at radius 1 is 0.917 bits per heavy atom. The number of hydrogen-bond acceptors (Lipinski definition) is 2. The molecule has 0 atom stereocenters. The summed E-state index contributed by atoms with van der Waals surface area (Å²) in [6.07, 6.45) is 1.95. The lowest BCUT2D eigenvalue weighted by Gasteiger charge is -2.35. The standard InChI is InChI=1S/C20H20F2N2/c21-18-5-1-15(2-6-18)20(16-3-7-19(22)8-4-16)17-9-12-24(13-10-17)14-11-23/h1-8,17,20H,9-10,12-14H2. The third-order valence-corrected chi connectivity index (χ3v) is 4.86. The minimum absolute atomic E-state index is 0.121. The largest absolute Gasteiger partial charge is 0.291 e. The molecule has 3 rings (SSSR count). The summed E-state index contributed by atoms with van der Waals surface area (Å²) in [4.78, 5) is 2.16. The first-order chi connectivity index (χ1) is 11.7. The van der Waals surface area contributed by atoms with Crippen LogP contribution in [0.3, 0.4) is 0 Å². The lowest BCUT2D eigenvalue weighted by Crippen LogP contribution is -2.36. The Balaban J connectivity index is 1.87. The van der Waals surface area contributed by atoms with Crippen molar-refractivity contribution in [1.82, 2.24) is 4.90 Å². The molecule has 124 valence electrons. The highest BCUT2D eigenvalue weighted by atomic mass is 19.1. The van der Waals surface area contributed by atoms with Crippen molar-refractivity contribution in [3.63, 3.8) is 0 Å². The van der Waals surface area contributed by atoms with Crippen LogP contribution in [0.1, 0.15) is 29.9 Å². The maximum absolute atomic E-state index is 13.3. The van der Waals surface area contributed by atoms with Gasteiger partial charge in [0.2, 0.25) is 0 Å². The minimum Gasteiger partial charge on any atom is -0.291 e. The zero-order valence-electron chi connectivity index (χ0n) is 13.5. The molecule has 2 aromatic carbocycles. The van der Waals surface area contributed by atoms with Gasteiger partial charge in [0, 0.05) is 5.92 Å². The molecule has 1 aliphatic heterocycles. The van der Waals surface area contributed by atoms with Gasteiger partial charge in [-0.2, -0.15) is 5.26 Å². The zero-order valence-corrected chi connectivity index (χ0v) is 13.5. The molecule has 2 nitrogen and oxygen atoms in total. The van der Waals surface area contributed by atoms with Crippen molar-refractivity contribution in [3.05, 3.63) is 71.3 Å². The van der Waals surface area contributed by atoms with E-state index in [9.17, 15) is 8.78 Å². The first-order valence-corrected chi connectivity index (χ1v) is 8.27. The summed E-state index contributed by atoms with van der Waals surface area (Å²) in [7, 11) is 0. The van der Waals surface area contributed by atoms with Gasteiger partial charge in [-0.1, -0.05) is 24.3 Å². The molecule has 0 amide bonds. The van der Waals surface area contributed by atoms with E-state index in [0.29, 0.717) is 12.5 Å². The normalized spacial score (nSPS) is 16.2. The predicted octanol–water partition coefficient (Wildman–Crippen LogP) is 4.33. The first kappa shape index (κ1) is 16.6. The summed E-state index contributed by atoms with van der Waals surface area (Å²) in [6, 6.07) is 15.4. The monoisotopic (exact) mass is 326 g/mol. The summed E-state index contributed by atoms with van der Waals surface area (Å²) in [5, 5.41) is 8.84. The van der Waals surface area contributed by atoms with E-state index >= 15 is 0 Å². The lowest BCUT2D eigenvalue weighted by atomic mass is 9.76. The summed E-state index contributed by atoms with van der Waals surface area (Å²) in [5.41, 5.74) is 2.11. The van der Waals surface area contributed by atoms with Gasteiger partial charge < -0.3 is 0 Å². The Hall–Kier alpha value is -2.25. The molecule has 0 N–H and O–H groups in total. The molecular formula is C20H20F2N2. The molecule has 24 heavy (non-hydrogen) atoms. The summed E-state index contributed by atoms with van der Waals surface area (Å²) < 4.78 is 26.6. The quantitative estimate of drug-likeness (QED) is 0.782. The van der Waals surface area contributed by atoms with Gasteiger partial charge in [0.25, 0.3) is 0 Å². The number of hydrogen-bond donors (Lipinski definition) is 0. The molecule has 0 spiro atoms. The smallest absolute Gasteiger partial charge is 0.123 e. The first-order valence-electron chi connectivity index (χ1n) is 8.27. The fourth-order valence-corrected chi connectivity index (χ4v) is 3.62. The van der Waals surface area contributed by atoms with E-state index in [-0.39, 0.29) is 17.6 Å². The molecule has 1 heterocycles. The van der Waals surface area contributed by atoms with Crippen LogP contribution in [-0.2, 0) is 0 Å². The second-order valence-corrected chi connectivity index (χ2v) is 6.35. The molecule has 0 radical (unpaired) electrons. The van der Waals surface area contributed by atoms with E-state index in [4.69, 9.17) is 5.26 Å².